The van der Waals surface area contributed by atoms with Crippen LogP contribution in [0.25, 0.3) is 5.76 Å². The van der Waals surface area contributed by atoms with Gasteiger partial charge in [0.15, 0.2) is 0 Å². The normalized spacial score (nSPS) is 18.3. The first-order chi connectivity index (χ1) is 14.2. The lowest BCUT2D eigenvalue weighted by Crippen LogP contribution is -2.35. The summed E-state index contributed by atoms with van der Waals surface area (Å²) in [4.78, 5) is 29.2. The van der Waals surface area contributed by atoms with Crippen LogP contribution in [0, 0.1) is 0 Å². The molecule has 0 unspecified atom stereocenters. The second-order valence-corrected chi connectivity index (χ2v) is 8.52. The molecular formula is C22H22BrClN2O4. The lowest BCUT2D eigenvalue weighted by molar-refractivity contribution is -0.140. The Bertz CT molecular complexity index is 1020. The summed E-state index contributed by atoms with van der Waals surface area (Å²) in [5.41, 5.74) is 1.10. The molecule has 158 valence electrons. The molecule has 0 saturated carbocycles. The van der Waals surface area contributed by atoms with Crippen molar-refractivity contribution < 1.29 is 19.4 Å². The molecule has 1 aliphatic rings. The van der Waals surface area contributed by atoms with Gasteiger partial charge in [0.1, 0.15) is 11.5 Å². The maximum absolute atomic E-state index is 13.0. The first-order valence-corrected chi connectivity index (χ1v) is 10.4. The summed E-state index contributed by atoms with van der Waals surface area (Å²) in [5, 5.41) is 11.3. The number of ketones is 1. The van der Waals surface area contributed by atoms with Crippen LogP contribution in [-0.4, -0.2) is 60.9 Å². The molecule has 1 atom stereocenters. The number of hydrogen-bond donors (Lipinski definition) is 1. The highest BCUT2D eigenvalue weighted by molar-refractivity contribution is 9.10. The van der Waals surface area contributed by atoms with Gasteiger partial charge in [-0.2, -0.15) is 0 Å². The number of ether oxygens (including phenoxy) is 1. The molecular weight excluding hydrogens is 472 g/mol. The number of halogens is 2. The number of amides is 1. The number of carbonyl (C=O) groups excluding carboxylic acids is 2. The van der Waals surface area contributed by atoms with E-state index >= 15 is 0 Å². The van der Waals surface area contributed by atoms with Crippen molar-refractivity contribution in [3.05, 3.63) is 68.7 Å². The Morgan fingerprint density at radius 1 is 1.23 bits per heavy atom. The van der Waals surface area contributed by atoms with E-state index in [-0.39, 0.29) is 11.3 Å². The van der Waals surface area contributed by atoms with Crippen molar-refractivity contribution in [3.63, 3.8) is 0 Å². The fraction of sp³-hybridized carbons (Fsp3) is 0.273. The van der Waals surface area contributed by atoms with Crippen molar-refractivity contribution in [2.75, 3.05) is 34.3 Å². The van der Waals surface area contributed by atoms with Gasteiger partial charge in [0, 0.05) is 23.1 Å². The second kappa shape index (κ2) is 9.20. The molecule has 1 saturated heterocycles. The summed E-state index contributed by atoms with van der Waals surface area (Å²) in [6.07, 6.45) is 0. The third-order valence-electron chi connectivity index (χ3n) is 4.92. The summed E-state index contributed by atoms with van der Waals surface area (Å²) >= 11 is 9.64. The number of carbonyl (C=O) groups is 2. The van der Waals surface area contributed by atoms with E-state index < -0.39 is 17.7 Å². The van der Waals surface area contributed by atoms with Crippen LogP contribution in [0.15, 0.2) is 52.5 Å². The zero-order valence-electron chi connectivity index (χ0n) is 16.9. The number of likely N-dealkylation sites (tertiary alicyclic amines) is 1. The second-order valence-electron chi connectivity index (χ2n) is 7.20. The Labute approximate surface area is 188 Å². The highest BCUT2D eigenvalue weighted by Crippen LogP contribution is 2.40. The molecule has 0 bridgehead atoms. The van der Waals surface area contributed by atoms with Crippen LogP contribution < -0.4 is 4.74 Å². The predicted molar refractivity (Wildman–Crippen MR) is 120 cm³/mol. The van der Waals surface area contributed by atoms with E-state index in [1.807, 2.05) is 43.3 Å². The van der Waals surface area contributed by atoms with Gasteiger partial charge < -0.3 is 19.6 Å². The molecule has 8 heteroatoms. The van der Waals surface area contributed by atoms with Gasteiger partial charge in [-0.25, -0.2) is 0 Å². The highest BCUT2D eigenvalue weighted by atomic mass is 79.9. The Kier molecular flexibility index (Phi) is 6.85. The lowest BCUT2D eigenvalue weighted by atomic mass is 9.95. The van der Waals surface area contributed by atoms with Crippen molar-refractivity contribution in [3.8, 4) is 5.75 Å². The minimum absolute atomic E-state index is 0.0399. The molecule has 1 N–H and O–H groups in total. The number of methoxy groups -OCH3 is 1. The molecule has 1 aliphatic heterocycles. The third-order valence-corrected chi connectivity index (χ3v) is 5.71. The van der Waals surface area contributed by atoms with Gasteiger partial charge in [0.25, 0.3) is 11.7 Å². The van der Waals surface area contributed by atoms with Gasteiger partial charge in [0.2, 0.25) is 0 Å². The molecule has 0 aliphatic carbocycles. The molecule has 0 aromatic heterocycles. The molecule has 6 nitrogen and oxygen atoms in total. The molecule has 2 aromatic rings. The number of aliphatic hydroxyl groups is 1. The third kappa shape index (κ3) is 4.38. The Morgan fingerprint density at radius 3 is 2.57 bits per heavy atom. The molecule has 1 fully saturated rings. The topological polar surface area (TPSA) is 70.1 Å². The number of hydrogen-bond acceptors (Lipinski definition) is 5. The molecule has 3 rings (SSSR count). The average molecular weight is 494 g/mol. The number of nitrogens with zero attached hydrogens (tertiary/aromatic N) is 2. The minimum atomic E-state index is -0.719. The molecule has 0 radical (unpaired) electrons. The van der Waals surface area contributed by atoms with Crippen LogP contribution in [0.4, 0.5) is 0 Å². The van der Waals surface area contributed by atoms with E-state index in [9.17, 15) is 14.7 Å². The van der Waals surface area contributed by atoms with E-state index in [0.717, 1.165) is 10.0 Å². The fourth-order valence-corrected chi connectivity index (χ4v) is 4.09. The van der Waals surface area contributed by atoms with Crippen LogP contribution in [0.2, 0.25) is 5.02 Å². The van der Waals surface area contributed by atoms with Gasteiger partial charge in [-0.05, 0) is 50.0 Å². The van der Waals surface area contributed by atoms with Crippen molar-refractivity contribution >= 4 is 45.0 Å². The first-order valence-electron chi connectivity index (χ1n) is 9.27. The van der Waals surface area contributed by atoms with Crippen molar-refractivity contribution in [2.24, 2.45) is 0 Å². The van der Waals surface area contributed by atoms with Crippen LogP contribution in [0.5, 0.6) is 5.75 Å². The number of rotatable bonds is 6. The number of likely N-dealkylation sites (N-methyl/N-ethyl adjacent to an activating group) is 1. The Morgan fingerprint density at radius 2 is 1.97 bits per heavy atom. The maximum atomic E-state index is 13.0. The van der Waals surface area contributed by atoms with E-state index in [0.29, 0.717) is 29.4 Å². The Balaban J connectivity index is 2.16. The average Bonchev–Trinajstić information content (AvgIpc) is 2.96. The summed E-state index contributed by atoms with van der Waals surface area (Å²) in [6.45, 7) is 0.917. The predicted octanol–water partition coefficient (Wildman–Crippen LogP) is 4.09. The van der Waals surface area contributed by atoms with E-state index in [1.54, 1.807) is 12.1 Å². The van der Waals surface area contributed by atoms with Crippen LogP contribution in [0.1, 0.15) is 17.2 Å². The number of Topliss-reactive ketones (excluding diaryl/α,β-unsaturated/α-hetero) is 1. The van der Waals surface area contributed by atoms with Crippen molar-refractivity contribution in [2.45, 2.75) is 6.04 Å². The van der Waals surface area contributed by atoms with Crippen molar-refractivity contribution in [1.29, 1.82) is 0 Å². The minimum Gasteiger partial charge on any atom is -0.507 e. The van der Waals surface area contributed by atoms with E-state index in [1.165, 1.54) is 18.1 Å². The zero-order chi connectivity index (χ0) is 22.0. The molecule has 2 aromatic carbocycles. The van der Waals surface area contributed by atoms with Gasteiger partial charge in [-0.1, -0.05) is 39.7 Å². The highest BCUT2D eigenvalue weighted by Gasteiger charge is 2.45. The van der Waals surface area contributed by atoms with Gasteiger partial charge >= 0.3 is 0 Å². The fourth-order valence-electron chi connectivity index (χ4n) is 3.41. The summed E-state index contributed by atoms with van der Waals surface area (Å²) < 4.78 is 5.96. The SMILES string of the molecule is COc1ccc(/C(O)=C2\C(=O)C(=O)N(CCN(C)C)[C@H]2c2cccc(Br)c2)cc1Cl. The monoisotopic (exact) mass is 492 g/mol. The van der Waals surface area contributed by atoms with E-state index in [4.69, 9.17) is 16.3 Å². The smallest absolute Gasteiger partial charge is 0.295 e. The van der Waals surface area contributed by atoms with Crippen LogP contribution in [-0.2, 0) is 9.59 Å². The zero-order valence-corrected chi connectivity index (χ0v) is 19.2. The summed E-state index contributed by atoms with van der Waals surface area (Å²) in [5.74, 6) is -1.18. The molecule has 30 heavy (non-hydrogen) atoms. The van der Waals surface area contributed by atoms with Crippen molar-refractivity contribution in [1.82, 2.24) is 9.80 Å². The summed E-state index contributed by atoms with van der Waals surface area (Å²) in [7, 11) is 5.28. The van der Waals surface area contributed by atoms with Gasteiger partial charge in [-0.15, -0.1) is 0 Å². The van der Waals surface area contributed by atoms with Crippen LogP contribution in [0.3, 0.4) is 0 Å². The maximum Gasteiger partial charge on any atom is 0.295 e. The van der Waals surface area contributed by atoms with Gasteiger partial charge in [0.05, 0.1) is 23.7 Å². The van der Waals surface area contributed by atoms with Crippen LogP contribution >= 0.6 is 27.5 Å². The van der Waals surface area contributed by atoms with Gasteiger partial charge in [-0.3, -0.25) is 9.59 Å². The molecule has 0 spiro atoms. The first kappa shape index (κ1) is 22.3. The largest absolute Gasteiger partial charge is 0.507 e. The number of aliphatic hydroxyl groups excluding tert-OH is 1. The quantitative estimate of drug-likeness (QED) is 0.373. The molecule has 1 heterocycles. The summed E-state index contributed by atoms with van der Waals surface area (Å²) in [6, 6.07) is 11.4. The lowest BCUT2D eigenvalue weighted by Gasteiger charge is -2.26. The molecule has 1 amide bonds. The Hall–Kier alpha value is -2.35. The standard InChI is InChI=1S/C22H22BrClN2O4/c1-25(2)9-10-26-19(13-5-4-6-15(23)11-13)18(21(28)22(26)29)20(27)14-7-8-17(30-3)16(24)12-14/h4-8,11-12,19,27H,9-10H2,1-3H3/b20-18+/t19-/m0/s1. The van der Waals surface area contributed by atoms with E-state index in [2.05, 4.69) is 15.9 Å². The number of benzene rings is 2.